The van der Waals surface area contributed by atoms with Crippen LogP contribution in [0.2, 0.25) is 0 Å². The minimum absolute atomic E-state index is 0.0437. The monoisotopic (exact) mass is 279 g/mol. The number of nitrogens with two attached hydrogens (primary N) is 1. The Bertz CT molecular complexity index is 492. The maximum Gasteiger partial charge on any atom is 0.253 e. The fraction of sp³-hybridized carbons (Fsp3) is 0.533. The standard InChI is InChI=1S/C15H22FN3O/c1-9-6-7-11(8-10(9)2)18-15(20)12-4-3-5-13(16)14(12)19-17/h3-5,9-11,19H,6-8,17H2,1-2H3,(H,18,20). The van der Waals surface area contributed by atoms with E-state index in [-0.39, 0.29) is 23.2 Å². The molecule has 0 radical (unpaired) electrons. The molecule has 0 saturated heterocycles. The Morgan fingerprint density at radius 2 is 2.05 bits per heavy atom. The first-order valence-electron chi connectivity index (χ1n) is 7.09. The molecule has 1 aromatic carbocycles. The molecule has 0 aromatic heterocycles. The van der Waals surface area contributed by atoms with Gasteiger partial charge in [0.15, 0.2) is 0 Å². The molecule has 4 nitrogen and oxygen atoms in total. The van der Waals surface area contributed by atoms with E-state index in [4.69, 9.17) is 5.84 Å². The lowest BCUT2D eigenvalue weighted by Crippen LogP contribution is -2.40. The van der Waals surface area contributed by atoms with Crippen LogP contribution in [0, 0.1) is 17.7 Å². The third kappa shape index (κ3) is 3.10. The first-order chi connectivity index (χ1) is 9.52. The van der Waals surface area contributed by atoms with E-state index < -0.39 is 5.82 Å². The number of amides is 1. The summed E-state index contributed by atoms with van der Waals surface area (Å²) in [5.41, 5.74) is 2.55. The molecule has 3 unspecified atom stereocenters. The van der Waals surface area contributed by atoms with Crippen molar-refractivity contribution >= 4 is 11.6 Å². The van der Waals surface area contributed by atoms with Crippen LogP contribution < -0.4 is 16.6 Å². The number of benzene rings is 1. The molecule has 1 aliphatic rings. The first kappa shape index (κ1) is 14.8. The van der Waals surface area contributed by atoms with Crippen molar-refractivity contribution in [2.75, 3.05) is 5.43 Å². The summed E-state index contributed by atoms with van der Waals surface area (Å²) in [5, 5.41) is 2.99. The normalized spacial score (nSPS) is 26.1. The number of nitrogen functional groups attached to an aromatic ring is 1. The quantitative estimate of drug-likeness (QED) is 0.588. The molecule has 1 fully saturated rings. The Morgan fingerprint density at radius 1 is 1.30 bits per heavy atom. The van der Waals surface area contributed by atoms with E-state index in [1.54, 1.807) is 6.07 Å². The second-order valence-electron chi connectivity index (χ2n) is 5.74. The molecular weight excluding hydrogens is 257 g/mol. The smallest absolute Gasteiger partial charge is 0.253 e. The number of carbonyl (C=O) groups excluding carboxylic acids is 1. The van der Waals surface area contributed by atoms with Gasteiger partial charge in [-0.15, -0.1) is 0 Å². The van der Waals surface area contributed by atoms with Gasteiger partial charge in [0.2, 0.25) is 0 Å². The highest BCUT2D eigenvalue weighted by Crippen LogP contribution is 2.29. The Balaban J connectivity index is 2.07. The van der Waals surface area contributed by atoms with Crippen molar-refractivity contribution in [3.8, 4) is 0 Å². The van der Waals surface area contributed by atoms with E-state index in [9.17, 15) is 9.18 Å². The molecule has 0 bridgehead atoms. The lowest BCUT2D eigenvalue weighted by Gasteiger charge is -2.32. The zero-order chi connectivity index (χ0) is 14.7. The largest absolute Gasteiger partial charge is 0.349 e. The van der Waals surface area contributed by atoms with Gasteiger partial charge in [-0.05, 0) is 43.2 Å². The zero-order valence-electron chi connectivity index (χ0n) is 11.9. The van der Waals surface area contributed by atoms with E-state index in [1.165, 1.54) is 12.1 Å². The molecule has 3 atom stereocenters. The van der Waals surface area contributed by atoms with Crippen LogP contribution in [-0.4, -0.2) is 11.9 Å². The summed E-state index contributed by atoms with van der Waals surface area (Å²) in [6.07, 6.45) is 3.04. The summed E-state index contributed by atoms with van der Waals surface area (Å²) < 4.78 is 13.6. The molecule has 0 spiro atoms. The summed E-state index contributed by atoms with van der Waals surface area (Å²) in [4.78, 5) is 12.3. The minimum Gasteiger partial charge on any atom is -0.349 e. The van der Waals surface area contributed by atoms with Crippen LogP contribution in [0.25, 0.3) is 0 Å². The van der Waals surface area contributed by atoms with Crippen molar-refractivity contribution in [1.29, 1.82) is 0 Å². The van der Waals surface area contributed by atoms with Gasteiger partial charge in [0.25, 0.3) is 5.91 Å². The summed E-state index contributed by atoms with van der Waals surface area (Å²) in [6, 6.07) is 4.51. The molecule has 0 aliphatic heterocycles. The fourth-order valence-electron chi connectivity index (χ4n) is 2.80. The van der Waals surface area contributed by atoms with Crippen LogP contribution in [0.3, 0.4) is 0 Å². The number of para-hydroxylation sites is 1. The average molecular weight is 279 g/mol. The molecule has 0 heterocycles. The highest BCUT2D eigenvalue weighted by Gasteiger charge is 2.26. The Kier molecular flexibility index (Phi) is 4.60. The van der Waals surface area contributed by atoms with Crippen molar-refractivity contribution < 1.29 is 9.18 Å². The van der Waals surface area contributed by atoms with Crippen molar-refractivity contribution in [3.05, 3.63) is 29.6 Å². The Hall–Kier alpha value is -1.62. The molecule has 1 aliphatic carbocycles. The van der Waals surface area contributed by atoms with E-state index in [0.29, 0.717) is 11.8 Å². The number of anilines is 1. The maximum absolute atomic E-state index is 13.6. The molecule has 5 heteroatoms. The lowest BCUT2D eigenvalue weighted by atomic mass is 9.79. The van der Waals surface area contributed by atoms with Crippen LogP contribution in [0.5, 0.6) is 0 Å². The van der Waals surface area contributed by atoms with Gasteiger partial charge in [-0.25, -0.2) is 4.39 Å². The van der Waals surface area contributed by atoms with Crippen LogP contribution in [0.1, 0.15) is 43.5 Å². The van der Waals surface area contributed by atoms with Crippen LogP contribution in [0.4, 0.5) is 10.1 Å². The molecule has 4 N–H and O–H groups in total. The number of nitrogens with one attached hydrogen (secondary N) is 2. The van der Waals surface area contributed by atoms with Crippen molar-refractivity contribution in [2.45, 2.75) is 39.2 Å². The third-order valence-corrected chi connectivity index (χ3v) is 4.34. The van der Waals surface area contributed by atoms with Gasteiger partial charge in [0.1, 0.15) is 5.82 Å². The lowest BCUT2D eigenvalue weighted by molar-refractivity contribution is 0.0911. The molecule has 110 valence electrons. The molecule has 20 heavy (non-hydrogen) atoms. The summed E-state index contributed by atoms with van der Waals surface area (Å²) in [7, 11) is 0. The predicted molar refractivity (Wildman–Crippen MR) is 77.6 cm³/mol. The van der Waals surface area contributed by atoms with Crippen molar-refractivity contribution in [3.63, 3.8) is 0 Å². The fourth-order valence-corrected chi connectivity index (χ4v) is 2.80. The van der Waals surface area contributed by atoms with Gasteiger partial charge in [-0.2, -0.15) is 0 Å². The van der Waals surface area contributed by atoms with Crippen LogP contribution in [-0.2, 0) is 0 Å². The maximum atomic E-state index is 13.6. The molecule has 1 saturated carbocycles. The van der Waals surface area contributed by atoms with Crippen molar-refractivity contribution in [1.82, 2.24) is 5.32 Å². The van der Waals surface area contributed by atoms with Gasteiger partial charge >= 0.3 is 0 Å². The van der Waals surface area contributed by atoms with E-state index in [0.717, 1.165) is 19.3 Å². The van der Waals surface area contributed by atoms with Gasteiger partial charge in [0.05, 0.1) is 11.3 Å². The zero-order valence-corrected chi connectivity index (χ0v) is 11.9. The number of hydrogen-bond donors (Lipinski definition) is 3. The molecule has 1 aromatic rings. The average Bonchev–Trinajstić information content (AvgIpc) is 2.42. The minimum atomic E-state index is -0.522. The summed E-state index contributed by atoms with van der Waals surface area (Å²) >= 11 is 0. The Morgan fingerprint density at radius 3 is 2.70 bits per heavy atom. The van der Waals surface area contributed by atoms with Crippen LogP contribution >= 0.6 is 0 Å². The number of rotatable bonds is 3. The van der Waals surface area contributed by atoms with E-state index >= 15 is 0 Å². The van der Waals surface area contributed by atoms with Gasteiger partial charge in [0, 0.05) is 6.04 Å². The second kappa shape index (κ2) is 6.22. The summed E-state index contributed by atoms with van der Waals surface area (Å²) in [6.45, 7) is 4.45. The number of carbonyl (C=O) groups is 1. The van der Waals surface area contributed by atoms with Gasteiger partial charge in [-0.1, -0.05) is 19.9 Å². The molecule has 2 rings (SSSR count). The van der Waals surface area contributed by atoms with Gasteiger partial charge in [-0.3, -0.25) is 10.6 Å². The first-order valence-corrected chi connectivity index (χ1v) is 7.09. The van der Waals surface area contributed by atoms with Gasteiger partial charge < -0.3 is 10.7 Å². The van der Waals surface area contributed by atoms with Crippen molar-refractivity contribution in [2.24, 2.45) is 17.7 Å². The second-order valence-corrected chi connectivity index (χ2v) is 5.74. The number of halogens is 1. The number of hydrazine groups is 1. The predicted octanol–water partition coefficient (Wildman–Crippen LogP) is 2.67. The topological polar surface area (TPSA) is 67.2 Å². The van der Waals surface area contributed by atoms with E-state index in [2.05, 4.69) is 24.6 Å². The SMILES string of the molecule is CC1CCC(NC(=O)c2cccc(F)c2NN)CC1C. The Labute approximate surface area is 118 Å². The van der Waals surface area contributed by atoms with Crippen LogP contribution in [0.15, 0.2) is 18.2 Å². The number of hydrogen-bond acceptors (Lipinski definition) is 3. The highest BCUT2D eigenvalue weighted by molar-refractivity contribution is 5.99. The molecule has 1 amide bonds. The molecular formula is C15H22FN3O. The van der Waals surface area contributed by atoms with E-state index in [1.807, 2.05) is 0 Å². The summed E-state index contributed by atoms with van der Waals surface area (Å²) in [5.74, 6) is 5.78. The highest BCUT2D eigenvalue weighted by atomic mass is 19.1. The third-order valence-electron chi connectivity index (χ3n) is 4.34.